The number of rotatable bonds is 38. The van der Waals surface area contributed by atoms with Crippen LogP contribution in [0, 0.1) is 0 Å². The fraction of sp³-hybridized carbons (Fsp3) is 0.897. The zero-order chi connectivity index (χ0) is 37.8. The number of aliphatic hydroxyl groups is 2. The minimum absolute atomic E-state index is 0.0303. The van der Waals surface area contributed by atoms with Crippen LogP contribution in [0.2, 0.25) is 0 Å². The normalized spacial score (nSPS) is 14.7. The van der Waals surface area contributed by atoms with Crippen LogP contribution in [0.3, 0.4) is 0 Å². The van der Waals surface area contributed by atoms with Crippen molar-refractivity contribution in [1.82, 2.24) is 0 Å². The largest absolute Gasteiger partial charge is 0.472 e. The Kier molecular flexibility index (Phi) is 34.8. The molecule has 51 heavy (non-hydrogen) atoms. The lowest BCUT2D eigenvalue weighted by atomic mass is 10.0. The fourth-order valence-electron chi connectivity index (χ4n) is 5.66. The molecule has 0 aliphatic heterocycles. The summed E-state index contributed by atoms with van der Waals surface area (Å²) in [5, 5.41) is 20.4. The van der Waals surface area contributed by atoms with Crippen molar-refractivity contribution in [3.63, 3.8) is 0 Å². The molecule has 11 nitrogen and oxygen atoms in total. The Labute approximate surface area is 310 Å². The van der Waals surface area contributed by atoms with Crippen molar-refractivity contribution in [2.24, 2.45) is 5.73 Å². The zero-order valence-electron chi connectivity index (χ0n) is 32.3. The predicted molar refractivity (Wildman–Crippen MR) is 204 cm³/mol. The average molecular weight is 750 g/mol. The van der Waals surface area contributed by atoms with E-state index in [0.29, 0.717) is 25.7 Å². The van der Waals surface area contributed by atoms with E-state index < -0.39 is 44.7 Å². The Balaban J connectivity index is 4.31. The van der Waals surface area contributed by atoms with Gasteiger partial charge in [0.25, 0.3) is 0 Å². The Hall–Kier alpha value is -1.33. The van der Waals surface area contributed by atoms with Crippen molar-refractivity contribution in [1.29, 1.82) is 0 Å². The molecule has 0 bridgehead atoms. The van der Waals surface area contributed by atoms with Crippen LogP contribution in [0.5, 0.6) is 0 Å². The first kappa shape index (κ1) is 49.7. The number of aliphatic hydroxyl groups excluding tert-OH is 2. The molecule has 0 heterocycles. The number of esters is 2. The maximum Gasteiger partial charge on any atom is 0.472 e. The van der Waals surface area contributed by atoms with Gasteiger partial charge in [0.15, 0.2) is 6.10 Å². The number of nitrogens with two attached hydrogens (primary N) is 1. The van der Waals surface area contributed by atoms with Gasteiger partial charge in [-0.3, -0.25) is 18.6 Å². The molecule has 1 unspecified atom stereocenters. The number of hydrogen-bond donors (Lipinski definition) is 4. The van der Waals surface area contributed by atoms with Gasteiger partial charge in [-0.2, -0.15) is 0 Å². The lowest BCUT2D eigenvalue weighted by molar-refractivity contribution is -0.161. The topological polar surface area (TPSA) is 175 Å². The van der Waals surface area contributed by atoms with Crippen molar-refractivity contribution >= 4 is 19.8 Å². The van der Waals surface area contributed by atoms with Gasteiger partial charge >= 0.3 is 19.8 Å². The number of hydrogen-bond acceptors (Lipinski definition) is 10. The van der Waals surface area contributed by atoms with E-state index in [9.17, 15) is 29.3 Å². The minimum atomic E-state index is -4.41. The zero-order valence-corrected chi connectivity index (χ0v) is 33.2. The van der Waals surface area contributed by atoms with Crippen LogP contribution in [-0.2, 0) is 32.7 Å². The van der Waals surface area contributed by atoms with Gasteiger partial charge in [-0.1, -0.05) is 142 Å². The number of carbonyl (C=O) groups excluding carboxylic acids is 2. The van der Waals surface area contributed by atoms with Crippen LogP contribution >= 0.6 is 7.82 Å². The molecule has 0 aromatic rings. The maximum absolute atomic E-state index is 12.6. The van der Waals surface area contributed by atoms with Crippen LogP contribution < -0.4 is 5.73 Å². The lowest BCUT2D eigenvalue weighted by Crippen LogP contribution is -2.29. The van der Waals surface area contributed by atoms with Crippen LogP contribution in [0.25, 0.3) is 0 Å². The third-order valence-corrected chi connectivity index (χ3v) is 9.84. The quantitative estimate of drug-likeness (QED) is 0.0205. The summed E-state index contributed by atoms with van der Waals surface area (Å²) in [4.78, 5) is 34.8. The third-order valence-electron chi connectivity index (χ3n) is 8.85. The summed E-state index contributed by atoms with van der Waals surface area (Å²) in [6.45, 7) is 3.49. The first-order chi connectivity index (χ1) is 24.6. The van der Waals surface area contributed by atoms with Crippen molar-refractivity contribution in [3.8, 4) is 0 Å². The summed E-state index contributed by atoms with van der Waals surface area (Å²) in [6.07, 6.45) is 26.9. The second kappa shape index (κ2) is 35.7. The molecular formula is C39H76NO10P. The number of phosphoric ester groups is 1. The highest BCUT2D eigenvalue weighted by atomic mass is 31.2. The van der Waals surface area contributed by atoms with Gasteiger partial charge in [0.2, 0.25) is 0 Å². The smallest absolute Gasteiger partial charge is 0.462 e. The number of unbranched alkanes of at least 4 members (excludes halogenated alkanes) is 19. The van der Waals surface area contributed by atoms with E-state index in [2.05, 4.69) is 19.9 Å². The number of phosphoric acid groups is 1. The molecule has 0 aromatic heterocycles. The van der Waals surface area contributed by atoms with E-state index in [0.717, 1.165) is 57.8 Å². The molecule has 0 radical (unpaired) electrons. The van der Waals surface area contributed by atoms with Crippen LogP contribution in [0.15, 0.2) is 12.2 Å². The van der Waals surface area contributed by atoms with Gasteiger partial charge in [0, 0.05) is 19.4 Å². The van der Waals surface area contributed by atoms with E-state index in [1.54, 1.807) is 0 Å². The molecule has 302 valence electrons. The highest BCUT2D eigenvalue weighted by molar-refractivity contribution is 7.47. The number of carbonyl (C=O) groups is 2. The SMILES string of the molecule is CCCCC/C=C\C[C@H](O)[C@@H](O)CCCCCCCC(=O)O[C@H](COC(=O)CCCCCCCCCCCCCCC)COP(=O)(O)OCCN. The molecule has 0 amide bonds. The van der Waals surface area contributed by atoms with Gasteiger partial charge in [0.05, 0.1) is 25.4 Å². The standard InChI is InChI=1S/C39H76NO10P/c1-3-5-7-9-11-12-13-14-15-16-17-21-25-29-38(43)47-33-35(34-49-51(45,46)48-32-31-40)50-39(44)30-26-22-18-20-24-28-37(42)36(41)27-23-19-10-8-6-4-2/h19,23,35-37,41-42H,3-18,20-22,24-34,40H2,1-2H3,(H,45,46)/b23-19-/t35-,36+,37+/m1/s1. The summed E-state index contributed by atoms with van der Waals surface area (Å²) in [6, 6.07) is 0. The molecule has 0 saturated heterocycles. The van der Waals surface area contributed by atoms with Gasteiger partial charge in [-0.05, 0) is 38.5 Å². The van der Waals surface area contributed by atoms with E-state index in [1.165, 1.54) is 70.6 Å². The van der Waals surface area contributed by atoms with Crippen LogP contribution in [-0.4, -0.2) is 71.7 Å². The summed E-state index contributed by atoms with van der Waals surface area (Å²) < 4.78 is 32.6. The monoisotopic (exact) mass is 750 g/mol. The lowest BCUT2D eigenvalue weighted by Gasteiger charge is -2.20. The third kappa shape index (κ3) is 34.2. The molecule has 0 aliphatic rings. The molecule has 0 spiro atoms. The van der Waals surface area contributed by atoms with Gasteiger partial charge in [-0.15, -0.1) is 0 Å². The molecule has 0 rings (SSSR count). The van der Waals surface area contributed by atoms with E-state index in [-0.39, 0.29) is 32.6 Å². The number of allylic oxidation sites excluding steroid dienone is 1. The first-order valence-electron chi connectivity index (χ1n) is 20.3. The minimum Gasteiger partial charge on any atom is -0.462 e. The van der Waals surface area contributed by atoms with Crippen LogP contribution in [0.4, 0.5) is 0 Å². The molecular weight excluding hydrogens is 673 g/mol. The first-order valence-corrected chi connectivity index (χ1v) is 21.8. The van der Waals surface area contributed by atoms with Crippen molar-refractivity contribution in [3.05, 3.63) is 12.2 Å². The Bertz CT molecular complexity index is 890. The summed E-state index contributed by atoms with van der Waals surface area (Å²) in [5.74, 6) is -0.935. The predicted octanol–water partition coefficient (Wildman–Crippen LogP) is 8.99. The second-order valence-corrected chi connectivity index (χ2v) is 15.3. The molecule has 5 N–H and O–H groups in total. The fourth-order valence-corrected chi connectivity index (χ4v) is 6.42. The van der Waals surface area contributed by atoms with E-state index in [4.69, 9.17) is 24.3 Å². The highest BCUT2D eigenvalue weighted by Gasteiger charge is 2.26. The summed E-state index contributed by atoms with van der Waals surface area (Å²) in [5.41, 5.74) is 5.33. The number of ether oxygens (including phenoxy) is 2. The molecule has 12 heteroatoms. The van der Waals surface area contributed by atoms with Crippen molar-refractivity contribution < 1.29 is 47.8 Å². The second-order valence-electron chi connectivity index (χ2n) is 13.8. The molecule has 0 aliphatic carbocycles. The molecule has 0 fully saturated rings. The summed E-state index contributed by atoms with van der Waals surface area (Å²) in [7, 11) is -4.41. The molecule has 4 atom stereocenters. The van der Waals surface area contributed by atoms with E-state index >= 15 is 0 Å². The van der Waals surface area contributed by atoms with Gasteiger partial charge in [0.1, 0.15) is 6.61 Å². The van der Waals surface area contributed by atoms with Gasteiger partial charge in [-0.25, -0.2) is 4.57 Å². The van der Waals surface area contributed by atoms with E-state index in [1.807, 2.05) is 6.08 Å². The average Bonchev–Trinajstić information content (AvgIpc) is 3.11. The Morgan fingerprint density at radius 1 is 0.647 bits per heavy atom. The maximum atomic E-state index is 12.6. The summed E-state index contributed by atoms with van der Waals surface area (Å²) >= 11 is 0. The Morgan fingerprint density at radius 2 is 1.16 bits per heavy atom. The Morgan fingerprint density at radius 3 is 1.73 bits per heavy atom. The van der Waals surface area contributed by atoms with Crippen molar-refractivity contribution in [2.45, 2.75) is 199 Å². The van der Waals surface area contributed by atoms with Crippen molar-refractivity contribution in [2.75, 3.05) is 26.4 Å². The highest BCUT2D eigenvalue weighted by Crippen LogP contribution is 2.43. The van der Waals surface area contributed by atoms with Gasteiger partial charge < -0.3 is 30.3 Å². The molecule has 0 saturated carbocycles. The van der Waals surface area contributed by atoms with Crippen LogP contribution in [0.1, 0.15) is 181 Å². The molecule has 0 aromatic carbocycles.